The van der Waals surface area contributed by atoms with Crippen LogP contribution in [0.5, 0.6) is 5.75 Å². The molecular weight excluding hydrogens is 380 g/mol. The van der Waals surface area contributed by atoms with Gasteiger partial charge in [0, 0.05) is 54.2 Å². The second-order valence-corrected chi connectivity index (χ2v) is 6.93. The van der Waals surface area contributed by atoms with Gasteiger partial charge in [0.25, 0.3) is 5.91 Å². The summed E-state index contributed by atoms with van der Waals surface area (Å²) in [5.74, 6) is -0.167. The summed E-state index contributed by atoms with van der Waals surface area (Å²) in [4.78, 5) is 29.5. The number of benzene rings is 1. The third-order valence-electron chi connectivity index (χ3n) is 3.98. The zero-order valence-electron chi connectivity index (χ0n) is 16.0. The standard InChI is InChI=1S/C20H25ClN4O3/c1-14(2)25(9-5-19(22)26)20(27)15-11-16(21)13-18(12-15)28-10-8-24-17-3-6-23-7-4-17/h3-4,6-7,11-14H,5,8-10H2,1-2H3,(H2,22,26)(H,23,24). The molecule has 0 saturated carbocycles. The van der Waals surface area contributed by atoms with Gasteiger partial charge >= 0.3 is 0 Å². The van der Waals surface area contributed by atoms with E-state index >= 15 is 0 Å². The van der Waals surface area contributed by atoms with Crippen molar-refractivity contribution in [3.63, 3.8) is 0 Å². The number of halogens is 1. The van der Waals surface area contributed by atoms with E-state index in [1.165, 1.54) is 0 Å². The van der Waals surface area contributed by atoms with Crippen LogP contribution in [0.1, 0.15) is 30.6 Å². The van der Waals surface area contributed by atoms with Crippen LogP contribution in [0.25, 0.3) is 0 Å². The molecule has 2 rings (SSSR count). The van der Waals surface area contributed by atoms with Crippen molar-refractivity contribution in [2.24, 2.45) is 5.73 Å². The zero-order chi connectivity index (χ0) is 20.5. The van der Waals surface area contributed by atoms with Gasteiger partial charge in [-0.3, -0.25) is 14.6 Å². The molecule has 1 heterocycles. The van der Waals surface area contributed by atoms with E-state index in [0.717, 1.165) is 5.69 Å². The van der Waals surface area contributed by atoms with Gasteiger partial charge < -0.3 is 20.7 Å². The highest BCUT2D eigenvalue weighted by atomic mass is 35.5. The fourth-order valence-corrected chi connectivity index (χ4v) is 2.82. The first-order valence-corrected chi connectivity index (χ1v) is 9.41. The molecule has 28 heavy (non-hydrogen) atoms. The molecule has 0 bridgehead atoms. The highest BCUT2D eigenvalue weighted by Crippen LogP contribution is 2.23. The van der Waals surface area contributed by atoms with Crippen LogP contribution in [-0.4, -0.2) is 47.4 Å². The number of amides is 2. The first kappa shape index (κ1) is 21.5. The van der Waals surface area contributed by atoms with Crippen molar-refractivity contribution < 1.29 is 14.3 Å². The van der Waals surface area contributed by atoms with E-state index in [-0.39, 0.29) is 24.9 Å². The molecule has 0 aliphatic carbocycles. The first-order chi connectivity index (χ1) is 13.4. The predicted octanol–water partition coefficient (Wildman–Crippen LogP) is 2.95. The summed E-state index contributed by atoms with van der Waals surface area (Å²) in [5, 5.41) is 3.61. The molecule has 0 aliphatic rings. The predicted molar refractivity (Wildman–Crippen MR) is 110 cm³/mol. The van der Waals surface area contributed by atoms with Crippen LogP contribution in [0.15, 0.2) is 42.7 Å². The van der Waals surface area contributed by atoms with Crippen molar-refractivity contribution in [3.05, 3.63) is 53.3 Å². The molecule has 0 unspecified atom stereocenters. The van der Waals surface area contributed by atoms with Gasteiger partial charge in [-0.25, -0.2) is 0 Å². The van der Waals surface area contributed by atoms with E-state index in [9.17, 15) is 9.59 Å². The molecule has 0 atom stereocenters. The second-order valence-electron chi connectivity index (χ2n) is 6.50. The largest absolute Gasteiger partial charge is 0.492 e. The number of rotatable bonds is 10. The minimum Gasteiger partial charge on any atom is -0.492 e. The number of nitrogens with zero attached hydrogens (tertiary/aromatic N) is 2. The van der Waals surface area contributed by atoms with Crippen molar-refractivity contribution >= 4 is 29.1 Å². The number of nitrogens with one attached hydrogen (secondary N) is 1. The van der Waals surface area contributed by atoms with E-state index in [0.29, 0.717) is 29.5 Å². The molecule has 1 aromatic heterocycles. The van der Waals surface area contributed by atoms with Crippen LogP contribution < -0.4 is 15.8 Å². The Morgan fingerprint density at radius 1 is 1.25 bits per heavy atom. The Balaban J connectivity index is 2.00. The first-order valence-electron chi connectivity index (χ1n) is 9.03. The van der Waals surface area contributed by atoms with Gasteiger partial charge in [-0.2, -0.15) is 0 Å². The molecule has 0 spiro atoms. The van der Waals surface area contributed by atoms with Gasteiger partial charge in [0.05, 0.1) is 0 Å². The van der Waals surface area contributed by atoms with Crippen molar-refractivity contribution in [3.8, 4) is 5.75 Å². The van der Waals surface area contributed by atoms with Crippen molar-refractivity contribution in [2.45, 2.75) is 26.3 Å². The van der Waals surface area contributed by atoms with Gasteiger partial charge in [-0.05, 0) is 44.2 Å². The molecular formula is C20H25ClN4O3. The Labute approximate surface area is 169 Å². The quantitative estimate of drug-likeness (QED) is 0.593. The minimum absolute atomic E-state index is 0.0836. The number of hydrogen-bond donors (Lipinski definition) is 2. The summed E-state index contributed by atoms with van der Waals surface area (Å²) >= 11 is 6.17. The molecule has 3 N–H and O–H groups in total. The lowest BCUT2D eigenvalue weighted by Crippen LogP contribution is -2.39. The Bertz CT molecular complexity index is 799. The van der Waals surface area contributed by atoms with Gasteiger partial charge in [0.1, 0.15) is 12.4 Å². The Morgan fingerprint density at radius 3 is 2.61 bits per heavy atom. The summed E-state index contributed by atoms with van der Waals surface area (Å²) in [6.07, 6.45) is 3.52. The minimum atomic E-state index is -0.449. The molecule has 7 nitrogen and oxygen atoms in total. The number of carbonyl (C=O) groups is 2. The monoisotopic (exact) mass is 404 g/mol. The highest BCUT2D eigenvalue weighted by Gasteiger charge is 2.20. The lowest BCUT2D eigenvalue weighted by Gasteiger charge is -2.26. The fraction of sp³-hybridized carbons (Fsp3) is 0.350. The number of carbonyl (C=O) groups excluding carboxylic acids is 2. The smallest absolute Gasteiger partial charge is 0.254 e. The number of aromatic nitrogens is 1. The van der Waals surface area contributed by atoms with Crippen molar-refractivity contribution in [2.75, 3.05) is 25.0 Å². The lowest BCUT2D eigenvalue weighted by atomic mass is 10.1. The molecule has 1 aromatic carbocycles. The van der Waals surface area contributed by atoms with Gasteiger partial charge in [-0.1, -0.05) is 11.6 Å². The average molecular weight is 405 g/mol. The number of primary amides is 1. The molecule has 2 amide bonds. The average Bonchev–Trinajstić information content (AvgIpc) is 2.65. The molecule has 0 radical (unpaired) electrons. The van der Waals surface area contributed by atoms with Gasteiger partial charge in [0.2, 0.25) is 5.91 Å². The third-order valence-corrected chi connectivity index (χ3v) is 4.20. The molecule has 2 aromatic rings. The van der Waals surface area contributed by atoms with Crippen LogP contribution in [0.4, 0.5) is 5.69 Å². The maximum Gasteiger partial charge on any atom is 0.254 e. The summed E-state index contributed by atoms with van der Waals surface area (Å²) in [6, 6.07) is 8.55. The Morgan fingerprint density at radius 2 is 1.96 bits per heavy atom. The van der Waals surface area contributed by atoms with Crippen LogP contribution in [0.3, 0.4) is 0 Å². The summed E-state index contributed by atoms with van der Waals surface area (Å²) in [7, 11) is 0. The maximum absolute atomic E-state index is 12.9. The third kappa shape index (κ3) is 6.74. The maximum atomic E-state index is 12.9. The number of nitrogens with two attached hydrogens (primary N) is 1. The van der Waals surface area contributed by atoms with Crippen LogP contribution in [0.2, 0.25) is 5.02 Å². The zero-order valence-corrected chi connectivity index (χ0v) is 16.8. The number of pyridine rings is 1. The number of ether oxygens (including phenoxy) is 1. The number of hydrogen-bond acceptors (Lipinski definition) is 5. The summed E-state index contributed by atoms with van der Waals surface area (Å²) in [6.45, 7) is 4.99. The Kier molecular flexibility index (Phi) is 8.07. The Hall–Kier alpha value is -2.80. The van der Waals surface area contributed by atoms with E-state index in [4.69, 9.17) is 22.1 Å². The SMILES string of the molecule is CC(C)N(CCC(N)=O)C(=O)c1cc(Cl)cc(OCCNc2ccncc2)c1. The van der Waals surface area contributed by atoms with Gasteiger partial charge in [0.15, 0.2) is 0 Å². The van der Waals surface area contributed by atoms with Crippen LogP contribution >= 0.6 is 11.6 Å². The van der Waals surface area contributed by atoms with Crippen LogP contribution in [0, 0.1) is 0 Å². The van der Waals surface area contributed by atoms with E-state index in [1.54, 1.807) is 35.5 Å². The fourth-order valence-electron chi connectivity index (χ4n) is 2.59. The molecule has 0 aliphatic heterocycles. The van der Waals surface area contributed by atoms with Crippen molar-refractivity contribution in [1.82, 2.24) is 9.88 Å². The normalized spacial score (nSPS) is 10.6. The van der Waals surface area contributed by atoms with Crippen molar-refractivity contribution in [1.29, 1.82) is 0 Å². The lowest BCUT2D eigenvalue weighted by molar-refractivity contribution is -0.118. The molecule has 0 fully saturated rings. The van der Waals surface area contributed by atoms with E-state index < -0.39 is 5.91 Å². The van der Waals surface area contributed by atoms with Gasteiger partial charge in [-0.15, -0.1) is 0 Å². The molecule has 150 valence electrons. The topological polar surface area (TPSA) is 97.5 Å². The second kappa shape index (κ2) is 10.5. The molecule has 8 heteroatoms. The van der Waals surface area contributed by atoms with E-state index in [2.05, 4.69) is 10.3 Å². The molecule has 0 saturated heterocycles. The highest BCUT2D eigenvalue weighted by molar-refractivity contribution is 6.31. The number of anilines is 1. The van der Waals surface area contributed by atoms with Crippen LogP contribution in [-0.2, 0) is 4.79 Å². The summed E-state index contributed by atoms with van der Waals surface area (Å²) in [5.41, 5.74) is 6.56. The van der Waals surface area contributed by atoms with E-state index in [1.807, 2.05) is 26.0 Å². The summed E-state index contributed by atoms with van der Waals surface area (Å²) < 4.78 is 5.73.